The molecule has 2 unspecified atom stereocenters. The molecular weight excluding hydrogens is 310 g/mol. The highest BCUT2D eigenvalue weighted by molar-refractivity contribution is 7.13. The second-order valence-corrected chi connectivity index (χ2v) is 6.86. The second kappa shape index (κ2) is 7.40. The highest BCUT2D eigenvalue weighted by Crippen LogP contribution is 2.24. The Bertz CT molecular complexity index is 646. The van der Waals surface area contributed by atoms with E-state index in [4.69, 9.17) is 4.74 Å². The van der Waals surface area contributed by atoms with Crippen LogP contribution in [0.1, 0.15) is 18.2 Å². The minimum absolute atomic E-state index is 0.0698. The average Bonchev–Trinajstić information content (AvgIpc) is 2.99. The summed E-state index contributed by atoms with van der Waals surface area (Å²) in [5.41, 5.74) is 3.35. The molecule has 23 heavy (non-hydrogen) atoms. The van der Waals surface area contributed by atoms with Gasteiger partial charge in [0, 0.05) is 30.2 Å². The van der Waals surface area contributed by atoms with Gasteiger partial charge < -0.3 is 15.2 Å². The monoisotopic (exact) mass is 333 g/mol. The molecule has 1 saturated heterocycles. The minimum Gasteiger partial charge on any atom is -0.394 e. The van der Waals surface area contributed by atoms with Gasteiger partial charge in [0.05, 0.1) is 25.0 Å². The Morgan fingerprint density at radius 1 is 1.43 bits per heavy atom. The van der Waals surface area contributed by atoms with Gasteiger partial charge in [-0.15, -0.1) is 11.3 Å². The summed E-state index contributed by atoms with van der Waals surface area (Å²) in [7, 11) is 0. The number of anilines is 2. The fraction of sp³-hybridized carbons (Fsp3) is 0.471. The molecule has 1 aromatic heterocycles. The van der Waals surface area contributed by atoms with Crippen molar-refractivity contribution in [2.24, 2.45) is 0 Å². The van der Waals surface area contributed by atoms with Crippen LogP contribution in [0, 0.1) is 6.92 Å². The van der Waals surface area contributed by atoms with Crippen molar-refractivity contribution in [3.05, 3.63) is 40.9 Å². The zero-order chi connectivity index (χ0) is 16.2. The molecule has 3 rings (SSSR count). The molecule has 1 fully saturated rings. The molecule has 2 heterocycles. The number of aromatic nitrogens is 1. The molecule has 0 saturated carbocycles. The number of ether oxygens (including phenoxy) is 1. The highest BCUT2D eigenvalue weighted by Gasteiger charge is 2.26. The summed E-state index contributed by atoms with van der Waals surface area (Å²) < 4.78 is 5.58. The Morgan fingerprint density at radius 2 is 2.26 bits per heavy atom. The first-order valence-electron chi connectivity index (χ1n) is 7.89. The van der Waals surface area contributed by atoms with Crippen molar-refractivity contribution in [1.29, 1.82) is 0 Å². The first kappa shape index (κ1) is 16.4. The molecule has 124 valence electrons. The maximum atomic E-state index is 9.28. The molecule has 6 heteroatoms. The van der Waals surface area contributed by atoms with Crippen molar-refractivity contribution < 1.29 is 9.84 Å². The van der Waals surface area contributed by atoms with Crippen molar-refractivity contribution >= 4 is 22.2 Å². The number of para-hydroxylation sites is 1. The molecule has 1 aliphatic heterocycles. The fourth-order valence-corrected chi connectivity index (χ4v) is 3.39. The topological polar surface area (TPSA) is 57.6 Å². The summed E-state index contributed by atoms with van der Waals surface area (Å²) in [5.74, 6) is 0. The van der Waals surface area contributed by atoms with Gasteiger partial charge >= 0.3 is 0 Å². The van der Waals surface area contributed by atoms with E-state index >= 15 is 0 Å². The number of aliphatic hydroxyl groups excluding tert-OH is 1. The van der Waals surface area contributed by atoms with Gasteiger partial charge in [-0.05, 0) is 25.5 Å². The summed E-state index contributed by atoms with van der Waals surface area (Å²) in [6.45, 7) is 6.49. The third kappa shape index (κ3) is 4.09. The van der Waals surface area contributed by atoms with Crippen LogP contribution in [-0.4, -0.2) is 46.9 Å². The molecular formula is C17H23N3O2S. The number of thiazole rings is 1. The van der Waals surface area contributed by atoms with Gasteiger partial charge in [0.2, 0.25) is 0 Å². The normalized spacial score (nSPS) is 22.2. The van der Waals surface area contributed by atoms with Crippen LogP contribution in [0.5, 0.6) is 0 Å². The number of nitrogens with zero attached hydrogens (tertiary/aromatic N) is 2. The third-order valence-corrected chi connectivity index (χ3v) is 4.95. The van der Waals surface area contributed by atoms with Gasteiger partial charge in [0.25, 0.3) is 0 Å². The Labute approximate surface area is 140 Å². The summed E-state index contributed by atoms with van der Waals surface area (Å²) >= 11 is 1.62. The lowest BCUT2D eigenvalue weighted by Crippen LogP contribution is -2.48. The quantitative estimate of drug-likeness (QED) is 0.881. The van der Waals surface area contributed by atoms with Crippen LogP contribution in [0.4, 0.5) is 10.8 Å². The summed E-state index contributed by atoms with van der Waals surface area (Å²) in [6, 6.07) is 8.54. The lowest BCUT2D eigenvalue weighted by Gasteiger charge is -2.36. The Morgan fingerprint density at radius 3 is 3.04 bits per heavy atom. The molecule has 5 nitrogen and oxygen atoms in total. The van der Waals surface area contributed by atoms with E-state index < -0.39 is 0 Å². The van der Waals surface area contributed by atoms with Gasteiger partial charge in [-0.2, -0.15) is 0 Å². The van der Waals surface area contributed by atoms with Gasteiger partial charge in [-0.3, -0.25) is 4.90 Å². The predicted octanol–water partition coefficient (Wildman–Crippen LogP) is 2.78. The van der Waals surface area contributed by atoms with E-state index in [1.807, 2.05) is 12.1 Å². The van der Waals surface area contributed by atoms with Crippen molar-refractivity contribution in [1.82, 2.24) is 9.88 Å². The predicted molar refractivity (Wildman–Crippen MR) is 93.3 cm³/mol. The molecule has 0 radical (unpaired) electrons. The first-order chi connectivity index (χ1) is 11.2. The summed E-state index contributed by atoms with van der Waals surface area (Å²) in [5, 5.41) is 15.7. The number of hydrogen-bond acceptors (Lipinski definition) is 6. The van der Waals surface area contributed by atoms with E-state index in [9.17, 15) is 5.11 Å². The lowest BCUT2D eigenvalue weighted by molar-refractivity contribution is -0.0808. The smallest absolute Gasteiger partial charge is 0.187 e. The maximum Gasteiger partial charge on any atom is 0.187 e. The van der Waals surface area contributed by atoms with Crippen LogP contribution in [0.2, 0.25) is 0 Å². The zero-order valence-electron chi connectivity index (χ0n) is 13.5. The number of morpholine rings is 1. The number of benzene rings is 1. The molecule has 2 aromatic rings. The Kier molecular flexibility index (Phi) is 5.27. The van der Waals surface area contributed by atoms with E-state index in [1.165, 1.54) is 5.56 Å². The first-order valence-corrected chi connectivity index (χ1v) is 8.77. The van der Waals surface area contributed by atoms with Gasteiger partial charge in [-0.1, -0.05) is 18.2 Å². The number of hydrogen-bond donors (Lipinski definition) is 2. The van der Waals surface area contributed by atoms with Crippen molar-refractivity contribution in [2.75, 3.05) is 25.1 Å². The van der Waals surface area contributed by atoms with Crippen molar-refractivity contribution in [2.45, 2.75) is 32.5 Å². The molecule has 2 atom stereocenters. The molecule has 0 spiro atoms. The van der Waals surface area contributed by atoms with Crippen LogP contribution in [0.25, 0.3) is 0 Å². The fourth-order valence-electron chi connectivity index (χ4n) is 2.68. The number of nitrogens with one attached hydrogen (secondary N) is 1. The standard InChI is InChI=1S/C17H23N3O2S/c1-12-5-3-4-6-16(12)19-17-18-14(11-23-17)7-20-8-15(9-21)22-10-13(20)2/h3-6,11,13,15,21H,7-10H2,1-2H3,(H,18,19). The number of aliphatic hydroxyl groups is 1. The highest BCUT2D eigenvalue weighted by atomic mass is 32.1. The van der Waals surface area contributed by atoms with E-state index in [0.717, 1.165) is 29.6 Å². The number of rotatable bonds is 5. The van der Waals surface area contributed by atoms with Crippen LogP contribution < -0.4 is 5.32 Å². The van der Waals surface area contributed by atoms with Crippen LogP contribution >= 0.6 is 11.3 Å². The zero-order valence-corrected chi connectivity index (χ0v) is 14.3. The van der Waals surface area contributed by atoms with E-state index in [-0.39, 0.29) is 12.7 Å². The molecule has 0 amide bonds. The van der Waals surface area contributed by atoms with E-state index in [1.54, 1.807) is 11.3 Å². The van der Waals surface area contributed by atoms with Crippen LogP contribution in [0.3, 0.4) is 0 Å². The van der Waals surface area contributed by atoms with Crippen molar-refractivity contribution in [3.8, 4) is 0 Å². The van der Waals surface area contributed by atoms with Crippen molar-refractivity contribution in [3.63, 3.8) is 0 Å². The largest absolute Gasteiger partial charge is 0.394 e. The average molecular weight is 333 g/mol. The van der Waals surface area contributed by atoms with E-state index in [0.29, 0.717) is 12.6 Å². The van der Waals surface area contributed by atoms with Gasteiger partial charge in [0.15, 0.2) is 5.13 Å². The van der Waals surface area contributed by atoms with Gasteiger partial charge in [0.1, 0.15) is 0 Å². The summed E-state index contributed by atoms with van der Waals surface area (Å²) in [4.78, 5) is 7.00. The van der Waals surface area contributed by atoms with Crippen LogP contribution in [-0.2, 0) is 11.3 Å². The molecule has 1 aromatic carbocycles. The number of aryl methyl sites for hydroxylation is 1. The molecule has 1 aliphatic rings. The Balaban J connectivity index is 1.64. The second-order valence-electron chi connectivity index (χ2n) is 6.00. The molecule has 2 N–H and O–H groups in total. The van der Waals surface area contributed by atoms with Gasteiger partial charge in [-0.25, -0.2) is 4.98 Å². The SMILES string of the molecule is Cc1ccccc1Nc1nc(CN2CC(CO)OCC2C)cs1. The third-order valence-electron chi connectivity index (χ3n) is 4.14. The summed E-state index contributed by atoms with van der Waals surface area (Å²) in [6.07, 6.45) is -0.0885. The van der Waals surface area contributed by atoms with Crippen LogP contribution in [0.15, 0.2) is 29.6 Å². The lowest BCUT2D eigenvalue weighted by atomic mass is 10.2. The molecule has 0 aliphatic carbocycles. The van der Waals surface area contributed by atoms with E-state index in [2.05, 4.69) is 46.6 Å². The minimum atomic E-state index is -0.0885. The molecule has 0 bridgehead atoms. The Hall–Kier alpha value is -1.47. The maximum absolute atomic E-state index is 9.28.